The van der Waals surface area contributed by atoms with E-state index in [1.807, 2.05) is 39.0 Å². The first-order valence-electron chi connectivity index (χ1n) is 11.4. The predicted molar refractivity (Wildman–Crippen MR) is 119 cm³/mol. The Bertz CT molecular complexity index is 883. The van der Waals surface area contributed by atoms with Crippen molar-refractivity contribution in [1.29, 1.82) is 0 Å². The molecule has 5 atom stereocenters. The lowest BCUT2D eigenvalue weighted by Gasteiger charge is -2.35. The summed E-state index contributed by atoms with van der Waals surface area (Å²) in [4.78, 5) is 41.9. The highest BCUT2D eigenvalue weighted by molar-refractivity contribution is 6.02. The van der Waals surface area contributed by atoms with Crippen molar-refractivity contribution in [3.8, 4) is 0 Å². The number of carbonyl (C=O) groups is 3. The number of likely N-dealkylation sites (tertiary alicyclic amines) is 1. The third-order valence-electron chi connectivity index (χ3n) is 6.70. The van der Waals surface area contributed by atoms with Crippen LogP contribution in [0.25, 0.3) is 0 Å². The number of unbranched alkanes of at least 4 members (excludes halogenated alkanes) is 1. The van der Waals surface area contributed by atoms with Gasteiger partial charge in [0.05, 0.1) is 17.9 Å². The van der Waals surface area contributed by atoms with Crippen molar-refractivity contribution < 1.29 is 24.2 Å². The van der Waals surface area contributed by atoms with E-state index < -0.39 is 29.0 Å². The minimum absolute atomic E-state index is 0.0239. The Labute approximate surface area is 188 Å². The van der Waals surface area contributed by atoms with Gasteiger partial charge in [-0.25, -0.2) is 0 Å². The number of hydrogen-bond donors (Lipinski definition) is 3. The van der Waals surface area contributed by atoms with Gasteiger partial charge in [0, 0.05) is 24.4 Å². The highest BCUT2D eigenvalue weighted by Crippen LogP contribution is 2.58. The highest BCUT2D eigenvalue weighted by atomic mass is 16.5. The molecule has 8 nitrogen and oxygen atoms in total. The Hall–Kier alpha value is -2.45. The molecule has 0 saturated carbocycles. The number of aliphatic hydroxyl groups excluding tert-OH is 1. The lowest BCUT2D eigenvalue weighted by atomic mass is 9.70. The SMILES string of the molecule is CC(C)(C)NC(=O)C1N(CCCCO)C(=O)[C@@H]2[C@@H](C(=O)Nc3ccccc3)[C@H]3CCC12O3. The first kappa shape index (κ1) is 22.7. The molecule has 3 saturated heterocycles. The predicted octanol–water partition coefficient (Wildman–Crippen LogP) is 1.69. The molecule has 32 heavy (non-hydrogen) atoms. The fraction of sp³-hybridized carbons (Fsp3) is 0.625. The largest absolute Gasteiger partial charge is 0.396 e. The minimum atomic E-state index is -0.991. The maximum atomic E-state index is 13.6. The summed E-state index contributed by atoms with van der Waals surface area (Å²) in [5.41, 5.74) is -0.789. The number of amides is 3. The standard InChI is InChI=1S/C24H33N3O5/c1-23(2,3)26-21(30)19-24-12-11-16(32-24)17(20(29)25-15-9-5-4-6-10-15)18(24)22(31)27(19)13-7-8-14-28/h4-6,9-10,16-19,28H,7-8,11-14H2,1-3H3,(H,25,29)(H,26,30)/t16-,17+,18+,19?,24?/m1/s1. The molecule has 3 N–H and O–H groups in total. The van der Waals surface area contributed by atoms with Gasteiger partial charge < -0.3 is 25.4 Å². The molecule has 3 heterocycles. The molecule has 0 aromatic heterocycles. The van der Waals surface area contributed by atoms with Gasteiger partial charge in [-0.1, -0.05) is 18.2 Å². The van der Waals surface area contributed by atoms with Crippen LogP contribution < -0.4 is 10.6 Å². The minimum Gasteiger partial charge on any atom is -0.396 e. The van der Waals surface area contributed by atoms with E-state index >= 15 is 0 Å². The lowest BCUT2D eigenvalue weighted by molar-refractivity contribution is -0.142. The third-order valence-corrected chi connectivity index (χ3v) is 6.70. The number of nitrogens with zero attached hydrogens (tertiary/aromatic N) is 1. The van der Waals surface area contributed by atoms with Crippen LogP contribution in [0.5, 0.6) is 0 Å². The van der Waals surface area contributed by atoms with Crippen molar-refractivity contribution in [3.05, 3.63) is 30.3 Å². The van der Waals surface area contributed by atoms with Gasteiger partial charge in [0.25, 0.3) is 0 Å². The van der Waals surface area contributed by atoms with E-state index in [0.717, 1.165) is 0 Å². The zero-order valence-corrected chi connectivity index (χ0v) is 19.0. The molecule has 8 heteroatoms. The van der Waals surface area contributed by atoms with Crippen molar-refractivity contribution >= 4 is 23.4 Å². The van der Waals surface area contributed by atoms with Crippen LogP contribution in [0.3, 0.4) is 0 Å². The van der Waals surface area contributed by atoms with Gasteiger partial charge in [-0.2, -0.15) is 0 Å². The maximum absolute atomic E-state index is 13.6. The van der Waals surface area contributed by atoms with Crippen LogP contribution in [0, 0.1) is 11.8 Å². The van der Waals surface area contributed by atoms with Crippen LogP contribution in [0.4, 0.5) is 5.69 Å². The van der Waals surface area contributed by atoms with Crippen molar-refractivity contribution in [2.75, 3.05) is 18.5 Å². The lowest BCUT2D eigenvalue weighted by Crippen LogP contribution is -2.58. The number of rotatable bonds is 7. The van der Waals surface area contributed by atoms with E-state index in [9.17, 15) is 19.5 Å². The summed E-state index contributed by atoms with van der Waals surface area (Å²) in [7, 11) is 0. The second kappa shape index (κ2) is 8.48. The third kappa shape index (κ3) is 3.90. The van der Waals surface area contributed by atoms with E-state index in [2.05, 4.69) is 10.6 Å². The molecule has 3 aliphatic rings. The molecule has 1 spiro atoms. The number of anilines is 1. The summed E-state index contributed by atoms with van der Waals surface area (Å²) in [5.74, 6) is -2.01. The van der Waals surface area contributed by atoms with Crippen molar-refractivity contribution in [2.24, 2.45) is 11.8 Å². The molecule has 3 amide bonds. The maximum Gasteiger partial charge on any atom is 0.246 e. The van der Waals surface area contributed by atoms with Crippen LogP contribution >= 0.6 is 0 Å². The number of carbonyl (C=O) groups excluding carboxylic acids is 3. The number of para-hydroxylation sites is 1. The Morgan fingerprint density at radius 3 is 2.56 bits per heavy atom. The average Bonchev–Trinajstić information content (AvgIpc) is 3.35. The summed E-state index contributed by atoms with van der Waals surface area (Å²) < 4.78 is 6.38. The summed E-state index contributed by atoms with van der Waals surface area (Å²) in [6, 6.07) is 8.37. The molecular formula is C24H33N3O5. The monoisotopic (exact) mass is 443 g/mol. The highest BCUT2D eigenvalue weighted by Gasteiger charge is 2.74. The van der Waals surface area contributed by atoms with Crippen LogP contribution in [-0.2, 0) is 19.1 Å². The second-order valence-electron chi connectivity index (χ2n) is 10.1. The normalized spacial score (nSPS) is 31.0. The number of fused-ring (bicyclic) bond motifs is 1. The zero-order chi connectivity index (χ0) is 23.1. The first-order chi connectivity index (χ1) is 15.2. The number of benzene rings is 1. The topological polar surface area (TPSA) is 108 Å². The summed E-state index contributed by atoms with van der Waals surface area (Å²) in [6.07, 6.45) is 1.95. The Kier molecular flexibility index (Phi) is 6.02. The van der Waals surface area contributed by atoms with Crippen molar-refractivity contribution in [3.63, 3.8) is 0 Å². The van der Waals surface area contributed by atoms with Gasteiger partial charge in [0.2, 0.25) is 17.7 Å². The van der Waals surface area contributed by atoms with E-state index in [4.69, 9.17) is 4.74 Å². The first-order valence-corrected chi connectivity index (χ1v) is 11.4. The average molecular weight is 444 g/mol. The molecule has 0 aliphatic carbocycles. The van der Waals surface area contributed by atoms with Gasteiger partial charge in [-0.15, -0.1) is 0 Å². The van der Waals surface area contributed by atoms with E-state index in [1.165, 1.54) is 0 Å². The molecular weight excluding hydrogens is 410 g/mol. The molecule has 2 unspecified atom stereocenters. The molecule has 3 fully saturated rings. The molecule has 174 valence electrons. The molecule has 1 aromatic rings. The van der Waals surface area contributed by atoms with Crippen LogP contribution in [0.15, 0.2) is 30.3 Å². The number of nitrogens with one attached hydrogen (secondary N) is 2. The molecule has 4 rings (SSSR count). The van der Waals surface area contributed by atoms with Crippen LogP contribution in [0.2, 0.25) is 0 Å². The summed E-state index contributed by atoms with van der Waals surface area (Å²) in [5, 5.41) is 15.1. The van der Waals surface area contributed by atoms with Crippen molar-refractivity contribution in [2.45, 2.75) is 69.7 Å². The summed E-state index contributed by atoms with van der Waals surface area (Å²) >= 11 is 0. The second-order valence-corrected chi connectivity index (χ2v) is 10.1. The van der Waals surface area contributed by atoms with Gasteiger partial charge in [-0.3, -0.25) is 14.4 Å². The Balaban J connectivity index is 1.64. The van der Waals surface area contributed by atoms with Crippen molar-refractivity contribution in [1.82, 2.24) is 10.2 Å². The van der Waals surface area contributed by atoms with Crippen LogP contribution in [-0.4, -0.2) is 64.2 Å². The molecule has 1 aromatic carbocycles. The van der Waals surface area contributed by atoms with Gasteiger partial charge in [-0.05, 0) is 58.6 Å². The number of aliphatic hydroxyl groups is 1. The fourth-order valence-corrected chi connectivity index (χ4v) is 5.57. The zero-order valence-electron chi connectivity index (χ0n) is 19.0. The molecule has 0 radical (unpaired) electrons. The van der Waals surface area contributed by atoms with Gasteiger partial charge in [0.15, 0.2) is 0 Å². The Morgan fingerprint density at radius 1 is 1.19 bits per heavy atom. The van der Waals surface area contributed by atoms with Gasteiger partial charge >= 0.3 is 0 Å². The van der Waals surface area contributed by atoms with E-state index in [0.29, 0.717) is 37.9 Å². The molecule has 2 bridgehead atoms. The fourth-order valence-electron chi connectivity index (χ4n) is 5.57. The van der Waals surface area contributed by atoms with Crippen LogP contribution in [0.1, 0.15) is 46.5 Å². The van der Waals surface area contributed by atoms with Gasteiger partial charge in [0.1, 0.15) is 11.6 Å². The van der Waals surface area contributed by atoms with E-state index in [1.54, 1.807) is 17.0 Å². The summed E-state index contributed by atoms with van der Waals surface area (Å²) in [6.45, 7) is 6.07. The number of ether oxygens (including phenoxy) is 1. The smallest absolute Gasteiger partial charge is 0.246 e. The number of hydrogen-bond acceptors (Lipinski definition) is 5. The van der Waals surface area contributed by atoms with E-state index in [-0.39, 0.29) is 30.4 Å². The molecule has 3 aliphatic heterocycles. The quantitative estimate of drug-likeness (QED) is 0.556. The Morgan fingerprint density at radius 2 is 1.91 bits per heavy atom.